The Labute approximate surface area is 167 Å². The Morgan fingerprint density at radius 3 is 2.50 bits per heavy atom. The number of likely N-dealkylation sites (tertiary alicyclic amines) is 1. The van der Waals surface area contributed by atoms with Gasteiger partial charge in [-0.1, -0.05) is 26.0 Å². The molecular formula is C21H32FN3O3. The summed E-state index contributed by atoms with van der Waals surface area (Å²) >= 11 is 0. The Hall–Kier alpha value is -2.15. The van der Waals surface area contributed by atoms with Gasteiger partial charge in [-0.15, -0.1) is 0 Å². The Kier molecular flexibility index (Phi) is 7.80. The van der Waals surface area contributed by atoms with Crippen molar-refractivity contribution in [3.05, 3.63) is 30.1 Å². The molecule has 2 amide bonds. The van der Waals surface area contributed by atoms with Gasteiger partial charge in [-0.05, 0) is 44.5 Å². The molecule has 1 heterocycles. The van der Waals surface area contributed by atoms with Gasteiger partial charge in [-0.25, -0.2) is 4.39 Å². The topological polar surface area (TPSA) is 61.9 Å². The van der Waals surface area contributed by atoms with Crippen molar-refractivity contribution < 1.29 is 18.7 Å². The average Bonchev–Trinajstić information content (AvgIpc) is 2.64. The van der Waals surface area contributed by atoms with Crippen molar-refractivity contribution in [2.75, 3.05) is 46.9 Å². The molecule has 0 unspecified atom stereocenters. The second kappa shape index (κ2) is 9.87. The van der Waals surface area contributed by atoms with E-state index in [4.69, 9.17) is 4.74 Å². The van der Waals surface area contributed by atoms with Crippen molar-refractivity contribution in [3.8, 4) is 5.75 Å². The van der Waals surface area contributed by atoms with E-state index in [1.165, 1.54) is 12.1 Å². The maximum Gasteiger partial charge on any atom is 0.260 e. The van der Waals surface area contributed by atoms with Crippen LogP contribution in [0.4, 0.5) is 4.39 Å². The quantitative estimate of drug-likeness (QED) is 0.735. The van der Waals surface area contributed by atoms with Crippen LogP contribution in [0.25, 0.3) is 0 Å². The normalized spacial score (nSPS) is 15.6. The first-order valence-electron chi connectivity index (χ1n) is 9.75. The predicted molar refractivity (Wildman–Crippen MR) is 107 cm³/mol. The predicted octanol–water partition coefficient (Wildman–Crippen LogP) is 2.15. The standard InChI is InChI=1S/C21H32FN3O3/c1-21(2,15-24(3)4)14-23-20(27)16-9-11-25(12-10-16)19(26)13-28-18-8-6-5-7-17(18)22/h5-8,16H,9-15H2,1-4H3,(H,23,27). The van der Waals surface area contributed by atoms with E-state index in [1.807, 2.05) is 14.1 Å². The third-order valence-corrected chi connectivity index (χ3v) is 4.89. The fourth-order valence-corrected chi connectivity index (χ4v) is 3.57. The summed E-state index contributed by atoms with van der Waals surface area (Å²) in [6, 6.07) is 6.02. The van der Waals surface area contributed by atoms with Gasteiger partial charge in [0.2, 0.25) is 5.91 Å². The summed E-state index contributed by atoms with van der Waals surface area (Å²) in [4.78, 5) is 28.5. The number of rotatable bonds is 8. The molecule has 0 saturated carbocycles. The minimum Gasteiger partial charge on any atom is -0.481 e. The van der Waals surface area contributed by atoms with Gasteiger partial charge in [-0.2, -0.15) is 0 Å². The van der Waals surface area contributed by atoms with Crippen LogP contribution in [0.3, 0.4) is 0 Å². The molecule has 0 aliphatic carbocycles. The third kappa shape index (κ3) is 6.78. The summed E-state index contributed by atoms with van der Waals surface area (Å²) in [5.41, 5.74) is -0.000120. The Morgan fingerprint density at radius 2 is 1.89 bits per heavy atom. The molecule has 0 bridgehead atoms. The number of para-hydroxylation sites is 1. The smallest absolute Gasteiger partial charge is 0.260 e. The van der Waals surface area contributed by atoms with Gasteiger partial charge in [0.05, 0.1) is 0 Å². The lowest BCUT2D eigenvalue weighted by Crippen LogP contribution is -2.46. The van der Waals surface area contributed by atoms with Gasteiger partial charge in [0.1, 0.15) is 0 Å². The van der Waals surface area contributed by atoms with E-state index in [1.54, 1.807) is 17.0 Å². The summed E-state index contributed by atoms with van der Waals surface area (Å²) in [6.45, 7) is 6.60. The molecule has 0 atom stereocenters. The highest BCUT2D eigenvalue weighted by Crippen LogP contribution is 2.20. The van der Waals surface area contributed by atoms with E-state index >= 15 is 0 Å². The molecule has 1 saturated heterocycles. The number of carbonyl (C=O) groups is 2. The lowest BCUT2D eigenvalue weighted by Gasteiger charge is -2.33. The van der Waals surface area contributed by atoms with Crippen LogP contribution in [-0.4, -0.2) is 68.5 Å². The van der Waals surface area contributed by atoms with Gasteiger partial charge in [-0.3, -0.25) is 9.59 Å². The lowest BCUT2D eigenvalue weighted by atomic mass is 9.91. The Morgan fingerprint density at radius 1 is 1.25 bits per heavy atom. The molecule has 0 spiro atoms. The Balaban J connectivity index is 1.73. The van der Waals surface area contributed by atoms with E-state index in [0.29, 0.717) is 32.5 Å². The van der Waals surface area contributed by atoms with Crippen molar-refractivity contribution in [2.24, 2.45) is 11.3 Å². The molecule has 1 aliphatic rings. The molecule has 1 fully saturated rings. The fraction of sp³-hybridized carbons (Fsp3) is 0.619. The van der Waals surface area contributed by atoms with Crippen LogP contribution in [0.5, 0.6) is 5.75 Å². The van der Waals surface area contributed by atoms with Gasteiger partial charge in [0.25, 0.3) is 5.91 Å². The van der Waals surface area contributed by atoms with Crippen LogP contribution in [0.2, 0.25) is 0 Å². The van der Waals surface area contributed by atoms with Crippen molar-refractivity contribution >= 4 is 11.8 Å². The van der Waals surface area contributed by atoms with Gasteiger partial charge < -0.3 is 19.9 Å². The SMILES string of the molecule is CN(C)CC(C)(C)CNC(=O)C1CCN(C(=O)COc2ccccc2F)CC1. The average molecular weight is 394 g/mol. The Bertz CT molecular complexity index is 671. The molecule has 1 aromatic rings. The van der Waals surface area contributed by atoms with E-state index in [9.17, 15) is 14.0 Å². The lowest BCUT2D eigenvalue weighted by molar-refractivity contribution is -0.137. The second-order valence-corrected chi connectivity index (χ2v) is 8.49. The monoisotopic (exact) mass is 393 g/mol. The number of nitrogens with one attached hydrogen (secondary N) is 1. The zero-order valence-corrected chi connectivity index (χ0v) is 17.3. The number of carbonyl (C=O) groups excluding carboxylic acids is 2. The van der Waals surface area contributed by atoms with Crippen LogP contribution < -0.4 is 10.1 Å². The summed E-state index contributed by atoms with van der Waals surface area (Å²) in [5, 5.41) is 3.06. The van der Waals surface area contributed by atoms with Crippen molar-refractivity contribution in [1.82, 2.24) is 15.1 Å². The van der Waals surface area contributed by atoms with E-state index < -0.39 is 5.82 Å². The third-order valence-electron chi connectivity index (χ3n) is 4.89. The van der Waals surface area contributed by atoms with Gasteiger partial charge >= 0.3 is 0 Å². The van der Waals surface area contributed by atoms with Crippen LogP contribution in [0.15, 0.2) is 24.3 Å². The number of amides is 2. The summed E-state index contributed by atoms with van der Waals surface area (Å²) in [5.74, 6) is -0.615. The van der Waals surface area contributed by atoms with E-state index in [0.717, 1.165) is 6.54 Å². The number of halogens is 1. The minimum absolute atomic E-state index is 0.000120. The molecule has 2 rings (SSSR count). The molecular weight excluding hydrogens is 361 g/mol. The van der Waals surface area contributed by atoms with Crippen LogP contribution in [0, 0.1) is 17.2 Å². The first-order valence-corrected chi connectivity index (χ1v) is 9.75. The number of benzene rings is 1. The molecule has 7 heteroatoms. The van der Waals surface area contributed by atoms with Gasteiger partial charge in [0, 0.05) is 32.1 Å². The zero-order chi connectivity index (χ0) is 20.7. The highest BCUT2D eigenvalue weighted by Gasteiger charge is 2.29. The molecule has 1 N–H and O–H groups in total. The van der Waals surface area contributed by atoms with Crippen LogP contribution >= 0.6 is 0 Å². The molecule has 28 heavy (non-hydrogen) atoms. The summed E-state index contributed by atoms with van der Waals surface area (Å²) in [7, 11) is 4.04. The molecule has 1 aliphatic heterocycles. The summed E-state index contributed by atoms with van der Waals surface area (Å²) < 4.78 is 18.8. The number of ether oxygens (including phenoxy) is 1. The number of piperidine rings is 1. The zero-order valence-electron chi connectivity index (χ0n) is 17.3. The molecule has 0 radical (unpaired) electrons. The van der Waals surface area contributed by atoms with Crippen molar-refractivity contribution in [1.29, 1.82) is 0 Å². The summed E-state index contributed by atoms with van der Waals surface area (Å²) in [6.07, 6.45) is 1.26. The first-order chi connectivity index (χ1) is 13.2. The first kappa shape index (κ1) is 22.1. The largest absolute Gasteiger partial charge is 0.481 e. The van der Waals surface area contributed by atoms with E-state index in [-0.39, 0.29) is 35.5 Å². The van der Waals surface area contributed by atoms with E-state index in [2.05, 4.69) is 24.1 Å². The molecule has 1 aromatic carbocycles. The number of hydrogen-bond acceptors (Lipinski definition) is 4. The van der Waals surface area contributed by atoms with Crippen molar-refractivity contribution in [2.45, 2.75) is 26.7 Å². The van der Waals surface area contributed by atoms with Gasteiger partial charge in [0.15, 0.2) is 18.2 Å². The molecule has 156 valence electrons. The highest BCUT2D eigenvalue weighted by atomic mass is 19.1. The number of nitrogens with zero attached hydrogens (tertiary/aromatic N) is 2. The highest BCUT2D eigenvalue weighted by molar-refractivity contribution is 5.80. The molecule has 0 aromatic heterocycles. The maximum atomic E-state index is 13.6. The van der Waals surface area contributed by atoms with Crippen LogP contribution in [-0.2, 0) is 9.59 Å². The minimum atomic E-state index is -0.483. The molecule has 6 nitrogen and oxygen atoms in total. The number of hydrogen-bond donors (Lipinski definition) is 1. The second-order valence-electron chi connectivity index (χ2n) is 8.49. The van der Waals surface area contributed by atoms with Crippen LogP contribution in [0.1, 0.15) is 26.7 Å². The van der Waals surface area contributed by atoms with Crippen molar-refractivity contribution in [3.63, 3.8) is 0 Å². The maximum absolute atomic E-state index is 13.6. The fourth-order valence-electron chi connectivity index (χ4n) is 3.57.